The minimum absolute atomic E-state index is 0.158. The molecular weight excluding hydrogens is 500 g/mol. The van der Waals surface area contributed by atoms with Gasteiger partial charge in [0.1, 0.15) is 23.9 Å². The van der Waals surface area contributed by atoms with Crippen LogP contribution in [-0.2, 0) is 39.9 Å². The standard InChI is InChI=1S/C29H32N4O4S/c1-21(34)37-26-15-32(13-25(26)18-38-17-23-10-6-3-7-11-23)12-24-14-33(28-27(24)30-19-31-29(28)35)20-36-16-22-8-4-2-5-9-22/h2-11,14,19,25-26H,12-13,15-18,20H2,1H3,(H,30,31,35)/t25-,26-/m1/s1. The van der Waals surface area contributed by atoms with E-state index in [2.05, 4.69) is 39.1 Å². The molecule has 0 unspecified atom stereocenters. The molecule has 2 atom stereocenters. The summed E-state index contributed by atoms with van der Waals surface area (Å²) in [5.41, 5.74) is 4.28. The predicted octanol–water partition coefficient (Wildman–Crippen LogP) is 4.20. The van der Waals surface area contributed by atoms with Gasteiger partial charge in [-0.1, -0.05) is 60.7 Å². The molecule has 0 aliphatic carbocycles. The number of carbonyl (C=O) groups excluding carboxylic acids is 1. The number of nitrogens with one attached hydrogen (secondary N) is 1. The van der Waals surface area contributed by atoms with Gasteiger partial charge in [0.15, 0.2) is 0 Å². The normalized spacial score (nSPS) is 17.7. The first-order chi connectivity index (χ1) is 18.6. The Hall–Kier alpha value is -3.40. The smallest absolute Gasteiger partial charge is 0.302 e. The Morgan fingerprint density at radius 1 is 1.08 bits per heavy atom. The first-order valence-electron chi connectivity index (χ1n) is 12.7. The van der Waals surface area contributed by atoms with Crippen LogP contribution in [0.25, 0.3) is 11.0 Å². The minimum atomic E-state index is -0.254. The van der Waals surface area contributed by atoms with Gasteiger partial charge in [0.05, 0.1) is 12.9 Å². The van der Waals surface area contributed by atoms with Gasteiger partial charge in [-0.2, -0.15) is 11.8 Å². The van der Waals surface area contributed by atoms with Crippen LogP contribution in [-0.4, -0.2) is 50.4 Å². The molecule has 3 heterocycles. The number of esters is 1. The van der Waals surface area contributed by atoms with Crippen molar-refractivity contribution in [1.82, 2.24) is 19.4 Å². The fourth-order valence-electron chi connectivity index (χ4n) is 4.97. The highest BCUT2D eigenvalue weighted by Gasteiger charge is 2.35. The van der Waals surface area contributed by atoms with Gasteiger partial charge in [-0.05, 0) is 11.1 Å². The van der Waals surface area contributed by atoms with Crippen LogP contribution in [0.3, 0.4) is 0 Å². The molecule has 9 heteroatoms. The van der Waals surface area contributed by atoms with E-state index in [1.807, 2.05) is 58.9 Å². The molecule has 4 aromatic rings. The third-order valence-corrected chi connectivity index (χ3v) is 7.89. The van der Waals surface area contributed by atoms with E-state index in [4.69, 9.17) is 9.47 Å². The lowest BCUT2D eigenvalue weighted by molar-refractivity contribution is -0.147. The first-order valence-corrected chi connectivity index (χ1v) is 13.9. The molecular formula is C29H32N4O4S. The molecule has 1 saturated heterocycles. The van der Waals surface area contributed by atoms with Crippen molar-refractivity contribution in [3.8, 4) is 0 Å². The number of aromatic amines is 1. The molecule has 1 N–H and O–H groups in total. The Kier molecular flexibility index (Phi) is 8.58. The highest BCUT2D eigenvalue weighted by atomic mass is 32.2. The van der Waals surface area contributed by atoms with Crippen molar-refractivity contribution in [1.29, 1.82) is 0 Å². The largest absolute Gasteiger partial charge is 0.461 e. The first kappa shape index (κ1) is 26.2. The summed E-state index contributed by atoms with van der Waals surface area (Å²) in [6, 6.07) is 20.3. The lowest BCUT2D eigenvalue weighted by Crippen LogP contribution is -2.26. The van der Waals surface area contributed by atoms with Crippen molar-refractivity contribution < 1.29 is 14.3 Å². The van der Waals surface area contributed by atoms with E-state index in [0.717, 1.165) is 29.2 Å². The van der Waals surface area contributed by atoms with Crippen molar-refractivity contribution in [3.63, 3.8) is 0 Å². The number of rotatable bonds is 11. The average Bonchev–Trinajstić information content (AvgIpc) is 3.46. The second-order valence-electron chi connectivity index (χ2n) is 9.62. The zero-order valence-electron chi connectivity index (χ0n) is 21.4. The second-order valence-corrected chi connectivity index (χ2v) is 10.6. The number of ether oxygens (including phenoxy) is 2. The highest BCUT2D eigenvalue weighted by molar-refractivity contribution is 7.98. The lowest BCUT2D eigenvalue weighted by atomic mass is 10.1. The summed E-state index contributed by atoms with van der Waals surface area (Å²) < 4.78 is 13.5. The summed E-state index contributed by atoms with van der Waals surface area (Å²) in [7, 11) is 0. The quantitative estimate of drug-likeness (QED) is 0.290. The summed E-state index contributed by atoms with van der Waals surface area (Å²) in [5.74, 6) is 1.80. The minimum Gasteiger partial charge on any atom is -0.461 e. The Morgan fingerprint density at radius 2 is 1.82 bits per heavy atom. The molecule has 2 aromatic heterocycles. The number of carbonyl (C=O) groups is 1. The fourth-order valence-corrected chi connectivity index (χ4v) is 6.14. The Bertz CT molecular complexity index is 1410. The maximum Gasteiger partial charge on any atom is 0.302 e. The molecule has 1 aliphatic rings. The number of aromatic nitrogens is 3. The Morgan fingerprint density at radius 3 is 2.55 bits per heavy atom. The van der Waals surface area contributed by atoms with Crippen molar-refractivity contribution in [2.75, 3.05) is 18.8 Å². The molecule has 2 aromatic carbocycles. The van der Waals surface area contributed by atoms with Crippen LogP contribution < -0.4 is 5.56 Å². The number of thioether (sulfide) groups is 1. The van der Waals surface area contributed by atoms with Crippen molar-refractivity contribution >= 4 is 28.8 Å². The zero-order chi connectivity index (χ0) is 26.3. The average molecular weight is 533 g/mol. The molecule has 38 heavy (non-hydrogen) atoms. The summed E-state index contributed by atoms with van der Waals surface area (Å²) >= 11 is 1.86. The molecule has 1 aliphatic heterocycles. The van der Waals surface area contributed by atoms with E-state index in [1.54, 1.807) is 0 Å². The third-order valence-electron chi connectivity index (χ3n) is 6.69. The van der Waals surface area contributed by atoms with Crippen molar-refractivity contribution in [2.24, 2.45) is 5.92 Å². The topological polar surface area (TPSA) is 89.5 Å². The number of fused-ring (bicyclic) bond motifs is 1. The number of H-pyrrole nitrogens is 1. The Labute approximate surface area is 226 Å². The van der Waals surface area contributed by atoms with E-state index in [9.17, 15) is 9.59 Å². The van der Waals surface area contributed by atoms with E-state index < -0.39 is 0 Å². The highest BCUT2D eigenvalue weighted by Crippen LogP contribution is 2.28. The maximum atomic E-state index is 12.7. The molecule has 198 valence electrons. The van der Waals surface area contributed by atoms with Gasteiger partial charge in [-0.3, -0.25) is 14.5 Å². The van der Waals surface area contributed by atoms with Gasteiger partial charge in [0.2, 0.25) is 0 Å². The van der Waals surface area contributed by atoms with Gasteiger partial charge in [0.25, 0.3) is 5.56 Å². The van der Waals surface area contributed by atoms with Gasteiger partial charge < -0.3 is 19.0 Å². The molecule has 1 fully saturated rings. The van der Waals surface area contributed by atoms with Crippen LogP contribution in [0.1, 0.15) is 23.6 Å². The summed E-state index contributed by atoms with van der Waals surface area (Å²) in [5, 5.41) is 0. The third kappa shape index (κ3) is 6.53. The molecule has 5 rings (SSSR count). The van der Waals surface area contributed by atoms with Gasteiger partial charge in [-0.25, -0.2) is 4.98 Å². The maximum absolute atomic E-state index is 12.7. The molecule has 8 nitrogen and oxygen atoms in total. The predicted molar refractivity (Wildman–Crippen MR) is 149 cm³/mol. The second kappa shape index (κ2) is 12.4. The van der Waals surface area contributed by atoms with Crippen molar-refractivity contribution in [3.05, 3.63) is 100 Å². The molecule has 0 amide bonds. The number of benzene rings is 2. The van der Waals surface area contributed by atoms with E-state index in [0.29, 0.717) is 30.7 Å². The number of hydrogen-bond acceptors (Lipinski definition) is 7. The molecule has 0 spiro atoms. The van der Waals surface area contributed by atoms with Crippen LogP contribution in [0, 0.1) is 5.92 Å². The fraction of sp³-hybridized carbons (Fsp3) is 0.345. The van der Waals surface area contributed by atoms with E-state index >= 15 is 0 Å². The summed E-state index contributed by atoms with van der Waals surface area (Å²) in [4.78, 5) is 34.0. The molecule has 0 radical (unpaired) electrons. The molecule has 0 bridgehead atoms. The number of hydrogen-bond donors (Lipinski definition) is 1. The zero-order valence-corrected chi connectivity index (χ0v) is 22.2. The SMILES string of the molecule is CC(=O)O[C@@H]1CN(Cc2cn(COCc3ccccc3)c3c(=O)[nH]cnc23)C[C@@H]1CSCc1ccccc1. The van der Waals surface area contributed by atoms with Crippen LogP contribution in [0.2, 0.25) is 0 Å². The van der Waals surface area contributed by atoms with Gasteiger partial charge >= 0.3 is 5.97 Å². The van der Waals surface area contributed by atoms with Gasteiger partial charge in [0, 0.05) is 55.7 Å². The van der Waals surface area contributed by atoms with Gasteiger partial charge in [-0.15, -0.1) is 0 Å². The van der Waals surface area contributed by atoms with Crippen LogP contribution in [0.15, 0.2) is 78.0 Å². The van der Waals surface area contributed by atoms with Crippen molar-refractivity contribution in [2.45, 2.75) is 38.7 Å². The number of nitrogens with zero attached hydrogens (tertiary/aromatic N) is 3. The van der Waals surface area contributed by atoms with E-state index in [1.165, 1.54) is 18.8 Å². The number of likely N-dealkylation sites (tertiary alicyclic amines) is 1. The molecule has 0 saturated carbocycles. The van der Waals surface area contributed by atoms with Crippen LogP contribution in [0.4, 0.5) is 0 Å². The summed E-state index contributed by atoms with van der Waals surface area (Å²) in [6.07, 6.45) is 3.24. The monoisotopic (exact) mass is 532 g/mol. The van der Waals surface area contributed by atoms with Crippen LogP contribution >= 0.6 is 11.8 Å². The van der Waals surface area contributed by atoms with Crippen LogP contribution in [0.5, 0.6) is 0 Å². The lowest BCUT2D eigenvalue weighted by Gasteiger charge is -2.17. The summed E-state index contributed by atoms with van der Waals surface area (Å²) in [6.45, 7) is 4.23. The Balaban J connectivity index is 1.27. The van der Waals surface area contributed by atoms with E-state index in [-0.39, 0.29) is 30.3 Å².